The molecule has 4 aromatic carbocycles. The Morgan fingerprint density at radius 3 is 1.86 bits per heavy atom. The minimum absolute atomic E-state index is 0.0589. The first-order valence-corrected chi connectivity index (χ1v) is 17.2. The van der Waals surface area contributed by atoms with E-state index in [1.165, 1.54) is 0 Å². The molecule has 1 saturated heterocycles. The smallest absolute Gasteiger partial charge is 0.227 e. The van der Waals surface area contributed by atoms with E-state index in [0.29, 0.717) is 26.3 Å². The third kappa shape index (κ3) is 8.47. The van der Waals surface area contributed by atoms with E-state index in [4.69, 9.17) is 18.9 Å². The van der Waals surface area contributed by atoms with Gasteiger partial charge in [0, 0.05) is 24.7 Å². The quantitative estimate of drug-likeness (QED) is 0.134. The summed E-state index contributed by atoms with van der Waals surface area (Å²) < 4.78 is 28.2. The molecule has 8 nitrogen and oxygen atoms in total. The summed E-state index contributed by atoms with van der Waals surface area (Å²) in [6.07, 6.45) is -1.71. The van der Waals surface area contributed by atoms with Crippen molar-refractivity contribution in [2.45, 2.75) is 70.7 Å². The van der Waals surface area contributed by atoms with Gasteiger partial charge in [-0.3, -0.25) is 4.79 Å². The highest BCUT2D eigenvalue weighted by molar-refractivity contribution is 5.89. The second kappa shape index (κ2) is 16.9. The van der Waals surface area contributed by atoms with E-state index in [1.807, 2.05) is 145 Å². The zero-order valence-electron chi connectivity index (χ0n) is 28.3. The average Bonchev–Trinajstić information content (AvgIpc) is 3.50. The van der Waals surface area contributed by atoms with Gasteiger partial charge in [0.2, 0.25) is 5.91 Å². The van der Waals surface area contributed by atoms with Crippen molar-refractivity contribution in [1.82, 2.24) is 9.47 Å². The lowest BCUT2D eigenvalue weighted by atomic mass is 9.97. The first-order valence-electron chi connectivity index (χ1n) is 17.2. The van der Waals surface area contributed by atoms with Crippen molar-refractivity contribution in [1.29, 1.82) is 0 Å². The first kappa shape index (κ1) is 34.5. The van der Waals surface area contributed by atoms with Gasteiger partial charge in [0.25, 0.3) is 0 Å². The number of likely N-dealkylation sites (N-methyl/N-ethyl adjacent to an activating group) is 1. The van der Waals surface area contributed by atoms with Gasteiger partial charge in [-0.1, -0.05) is 109 Å². The summed E-state index contributed by atoms with van der Waals surface area (Å²) in [6, 6.07) is 37.8. The molecule has 0 bridgehead atoms. The van der Waals surface area contributed by atoms with E-state index >= 15 is 0 Å². The predicted molar refractivity (Wildman–Crippen MR) is 190 cm³/mol. The van der Waals surface area contributed by atoms with Crippen LogP contribution in [0.25, 0.3) is 10.9 Å². The summed E-state index contributed by atoms with van der Waals surface area (Å²) in [5, 5.41) is 13.1. The van der Waals surface area contributed by atoms with Gasteiger partial charge >= 0.3 is 0 Å². The van der Waals surface area contributed by atoms with Crippen LogP contribution >= 0.6 is 0 Å². The fraction of sp³-hybridized carbons (Fsp3) is 0.341. The Morgan fingerprint density at radius 2 is 1.27 bits per heavy atom. The predicted octanol–water partition coefficient (Wildman–Crippen LogP) is 6.70. The van der Waals surface area contributed by atoms with Crippen LogP contribution in [0, 0.1) is 0 Å². The fourth-order valence-electron chi connectivity index (χ4n) is 6.55. The van der Waals surface area contributed by atoms with Crippen molar-refractivity contribution >= 4 is 16.8 Å². The number of para-hydroxylation sites is 1. The van der Waals surface area contributed by atoms with Crippen molar-refractivity contribution in [2.24, 2.45) is 0 Å². The third-order valence-electron chi connectivity index (χ3n) is 9.15. The van der Waals surface area contributed by atoms with E-state index in [2.05, 4.69) is 0 Å². The summed E-state index contributed by atoms with van der Waals surface area (Å²) in [6.45, 7) is 6.49. The van der Waals surface area contributed by atoms with Gasteiger partial charge in [-0.15, -0.1) is 0 Å². The van der Waals surface area contributed by atoms with Crippen LogP contribution in [-0.2, 0) is 50.0 Å². The number of carbonyl (C=O) groups excluding carboxylic acids is 1. The van der Waals surface area contributed by atoms with Crippen LogP contribution in [0.3, 0.4) is 0 Å². The molecule has 8 heteroatoms. The molecule has 5 atom stereocenters. The SMILES string of the molecule is CCN(CC)C(=O)Cc1cn([C@@H]2O[C@H](COCc3ccccc3)[C@@H](OCc3ccccc3)[C@H](OCc3ccccc3)[C@H]2O)c2ccccc12. The normalized spacial score (nSPS) is 20.8. The molecular formula is C41H46N2O6. The van der Waals surface area contributed by atoms with Crippen molar-refractivity contribution in [3.8, 4) is 0 Å². The number of nitrogens with zero attached hydrogens (tertiary/aromatic N) is 2. The lowest BCUT2D eigenvalue weighted by Gasteiger charge is -2.45. The van der Waals surface area contributed by atoms with E-state index in [9.17, 15) is 9.90 Å². The van der Waals surface area contributed by atoms with E-state index in [-0.39, 0.29) is 25.5 Å². The second-order valence-electron chi connectivity index (χ2n) is 12.4. The number of hydrogen-bond acceptors (Lipinski definition) is 6. The molecule has 1 fully saturated rings. The molecule has 1 N–H and O–H groups in total. The topological polar surface area (TPSA) is 82.4 Å². The number of ether oxygens (including phenoxy) is 4. The number of aliphatic hydroxyl groups excluding tert-OH is 1. The lowest BCUT2D eigenvalue weighted by molar-refractivity contribution is -0.278. The van der Waals surface area contributed by atoms with E-state index < -0.39 is 30.6 Å². The van der Waals surface area contributed by atoms with Crippen molar-refractivity contribution in [3.63, 3.8) is 0 Å². The van der Waals surface area contributed by atoms with Crippen molar-refractivity contribution in [3.05, 3.63) is 144 Å². The number of aromatic nitrogens is 1. The fourth-order valence-corrected chi connectivity index (χ4v) is 6.55. The van der Waals surface area contributed by atoms with Crippen LogP contribution in [0.5, 0.6) is 0 Å². The number of fused-ring (bicyclic) bond motifs is 1. The lowest BCUT2D eigenvalue weighted by Crippen LogP contribution is -2.58. The molecule has 0 unspecified atom stereocenters. The Morgan fingerprint density at radius 1 is 0.735 bits per heavy atom. The van der Waals surface area contributed by atoms with Crippen molar-refractivity contribution < 1.29 is 28.8 Å². The monoisotopic (exact) mass is 662 g/mol. The molecular weight excluding hydrogens is 616 g/mol. The van der Waals surface area contributed by atoms with E-state index in [1.54, 1.807) is 0 Å². The maximum Gasteiger partial charge on any atom is 0.227 e. The highest BCUT2D eigenvalue weighted by Gasteiger charge is 2.48. The van der Waals surface area contributed by atoms with Crippen LogP contribution in [0.4, 0.5) is 0 Å². The molecule has 1 aliphatic heterocycles. The number of rotatable bonds is 15. The standard InChI is InChI=1S/C41H46N2O6/c1-3-42(4-2)37(44)24-33-25-43(35-23-15-14-22-34(33)35)41-38(45)40(48-28-32-20-12-7-13-21-32)39(47-27-31-18-10-6-11-19-31)36(49-41)29-46-26-30-16-8-5-9-17-30/h5-23,25,36,38-41,45H,3-4,24,26-29H2,1-2H3/t36-,38-,39-,40-,41-/m1/s1. The van der Waals surface area contributed by atoms with Gasteiger partial charge in [0.05, 0.1) is 38.4 Å². The Labute approximate surface area is 288 Å². The molecule has 6 rings (SSSR count). The number of benzene rings is 4. The van der Waals surface area contributed by atoms with Gasteiger partial charge in [-0.05, 0) is 42.2 Å². The molecule has 0 saturated carbocycles. The van der Waals surface area contributed by atoms with Crippen LogP contribution in [0.2, 0.25) is 0 Å². The number of carbonyl (C=O) groups is 1. The first-order chi connectivity index (χ1) is 24.1. The summed E-state index contributed by atoms with van der Waals surface area (Å²) in [4.78, 5) is 15.1. The molecule has 1 aliphatic rings. The number of amides is 1. The van der Waals surface area contributed by atoms with Crippen LogP contribution in [-0.4, -0.2) is 64.6 Å². The Kier molecular flexibility index (Phi) is 11.9. The van der Waals surface area contributed by atoms with Gasteiger partial charge in [-0.2, -0.15) is 0 Å². The largest absolute Gasteiger partial charge is 0.386 e. The maximum atomic E-state index is 13.2. The summed E-state index contributed by atoms with van der Waals surface area (Å²) >= 11 is 0. The molecule has 49 heavy (non-hydrogen) atoms. The highest BCUT2D eigenvalue weighted by Crippen LogP contribution is 2.37. The zero-order valence-corrected chi connectivity index (χ0v) is 28.3. The van der Waals surface area contributed by atoms with Gasteiger partial charge < -0.3 is 33.5 Å². The molecule has 5 aromatic rings. The van der Waals surface area contributed by atoms with E-state index in [0.717, 1.165) is 33.2 Å². The molecule has 0 aliphatic carbocycles. The maximum absolute atomic E-state index is 13.2. The van der Waals surface area contributed by atoms with Gasteiger partial charge in [0.15, 0.2) is 6.23 Å². The average molecular weight is 663 g/mol. The minimum Gasteiger partial charge on any atom is -0.386 e. The third-order valence-corrected chi connectivity index (χ3v) is 9.15. The molecule has 2 heterocycles. The van der Waals surface area contributed by atoms with Gasteiger partial charge in [0.1, 0.15) is 24.4 Å². The Hall–Kier alpha value is -4.31. The van der Waals surface area contributed by atoms with Gasteiger partial charge in [-0.25, -0.2) is 0 Å². The number of aliphatic hydroxyl groups is 1. The summed E-state index contributed by atoms with van der Waals surface area (Å²) in [7, 11) is 0. The molecule has 0 radical (unpaired) electrons. The second-order valence-corrected chi connectivity index (χ2v) is 12.4. The molecule has 1 amide bonds. The Bertz CT molecular complexity index is 1740. The highest BCUT2D eigenvalue weighted by atomic mass is 16.6. The molecule has 1 aromatic heterocycles. The molecule has 256 valence electrons. The van der Waals surface area contributed by atoms with Crippen LogP contribution in [0.15, 0.2) is 121 Å². The molecule has 0 spiro atoms. The number of hydrogen-bond donors (Lipinski definition) is 1. The minimum atomic E-state index is -1.10. The Balaban J connectivity index is 1.34. The summed E-state index contributed by atoms with van der Waals surface area (Å²) in [5.74, 6) is 0.0589. The van der Waals surface area contributed by atoms with Crippen molar-refractivity contribution in [2.75, 3.05) is 19.7 Å². The zero-order chi connectivity index (χ0) is 34.0. The van der Waals surface area contributed by atoms with Crippen LogP contribution in [0.1, 0.15) is 42.3 Å². The summed E-state index contributed by atoms with van der Waals surface area (Å²) in [5.41, 5.74) is 4.78. The van der Waals surface area contributed by atoms with Crippen LogP contribution < -0.4 is 0 Å².